The predicted molar refractivity (Wildman–Crippen MR) is 119 cm³/mol. The molecular formula is C22H23ClN4O2S. The van der Waals surface area contributed by atoms with Crippen molar-refractivity contribution in [1.82, 2.24) is 14.5 Å². The lowest BCUT2D eigenvalue weighted by Gasteiger charge is -2.34. The molecule has 2 heterocycles. The summed E-state index contributed by atoms with van der Waals surface area (Å²) in [6, 6.07) is 18.6. The van der Waals surface area contributed by atoms with E-state index >= 15 is 0 Å². The second kappa shape index (κ2) is 8.71. The first kappa shape index (κ1) is 20.8. The van der Waals surface area contributed by atoms with Crippen molar-refractivity contribution in [3.05, 3.63) is 71.2 Å². The van der Waals surface area contributed by atoms with Crippen LogP contribution >= 0.6 is 11.6 Å². The van der Waals surface area contributed by atoms with E-state index in [1.54, 1.807) is 18.2 Å². The molecule has 0 unspecified atom stereocenters. The van der Waals surface area contributed by atoms with Crippen LogP contribution in [0.2, 0.25) is 5.02 Å². The standard InChI is InChI=1S/C22H23ClN4O2S/c1-2-17-6-8-18(9-7-17)21-10-11-22(25-24-21)26-12-14-27(15-13-26)30(28,29)20-5-3-4-19(23)16-20/h3-11,16H,2,12-15H2,1H3. The maximum Gasteiger partial charge on any atom is 0.243 e. The van der Waals surface area contributed by atoms with Gasteiger partial charge in [-0.2, -0.15) is 4.31 Å². The van der Waals surface area contributed by atoms with Gasteiger partial charge in [-0.05, 0) is 42.3 Å². The van der Waals surface area contributed by atoms with Crippen molar-refractivity contribution in [2.45, 2.75) is 18.2 Å². The first-order valence-corrected chi connectivity index (χ1v) is 11.7. The number of hydrogen-bond donors (Lipinski definition) is 0. The minimum Gasteiger partial charge on any atom is -0.352 e. The van der Waals surface area contributed by atoms with Crippen LogP contribution in [0.4, 0.5) is 5.82 Å². The van der Waals surface area contributed by atoms with Gasteiger partial charge in [-0.15, -0.1) is 10.2 Å². The van der Waals surface area contributed by atoms with Crippen molar-refractivity contribution in [2.75, 3.05) is 31.1 Å². The molecule has 156 valence electrons. The number of benzene rings is 2. The lowest BCUT2D eigenvalue weighted by molar-refractivity contribution is 0.383. The van der Waals surface area contributed by atoms with Gasteiger partial charge >= 0.3 is 0 Å². The largest absolute Gasteiger partial charge is 0.352 e. The van der Waals surface area contributed by atoms with Crippen LogP contribution < -0.4 is 4.90 Å². The van der Waals surface area contributed by atoms with Gasteiger partial charge in [0.05, 0.1) is 10.6 Å². The SMILES string of the molecule is CCc1ccc(-c2ccc(N3CCN(S(=O)(=O)c4cccc(Cl)c4)CC3)nn2)cc1. The van der Waals surface area contributed by atoms with Gasteiger partial charge in [-0.25, -0.2) is 8.42 Å². The van der Waals surface area contributed by atoms with Crippen LogP contribution in [0.5, 0.6) is 0 Å². The Morgan fingerprint density at radius 1 is 0.933 bits per heavy atom. The van der Waals surface area contributed by atoms with Crippen LogP contribution in [-0.2, 0) is 16.4 Å². The topological polar surface area (TPSA) is 66.4 Å². The highest BCUT2D eigenvalue weighted by atomic mass is 35.5. The lowest BCUT2D eigenvalue weighted by atomic mass is 10.1. The molecule has 1 aromatic heterocycles. The molecule has 3 aromatic rings. The summed E-state index contributed by atoms with van der Waals surface area (Å²) in [5.41, 5.74) is 3.14. The summed E-state index contributed by atoms with van der Waals surface area (Å²) >= 11 is 5.96. The lowest BCUT2D eigenvalue weighted by Crippen LogP contribution is -2.49. The summed E-state index contributed by atoms with van der Waals surface area (Å²) in [7, 11) is -3.55. The van der Waals surface area contributed by atoms with Crippen LogP contribution in [0, 0.1) is 0 Å². The number of rotatable bonds is 5. The molecule has 1 aliphatic heterocycles. The van der Waals surface area contributed by atoms with E-state index in [0.717, 1.165) is 23.5 Å². The van der Waals surface area contributed by atoms with Gasteiger partial charge in [0.1, 0.15) is 0 Å². The molecule has 0 radical (unpaired) electrons. The smallest absolute Gasteiger partial charge is 0.243 e. The highest BCUT2D eigenvalue weighted by molar-refractivity contribution is 7.89. The number of aryl methyl sites for hydroxylation is 1. The molecule has 8 heteroatoms. The second-order valence-electron chi connectivity index (χ2n) is 7.18. The summed E-state index contributed by atoms with van der Waals surface area (Å²) in [6.07, 6.45) is 1.00. The molecule has 0 N–H and O–H groups in total. The van der Waals surface area contributed by atoms with E-state index in [0.29, 0.717) is 31.2 Å². The molecule has 0 saturated carbocycles. The quantitative estimate of drug-likeness (QED) is 0.600. The van der Waals surface area contributed by atoms with Gasteiger partial charge in [0.15, 0.2) is 5.82 Å². The fourth-order valence-corrected chi connectivity index (χ4v) is 5.22. The zero-order valence-corrected chi connectivity index (χ0v) is 18.3. The highest BCUT2D eigenvalue weighted by Gasteiger charge is 2.29. The Hall–Kier alpha value is -2.48. The summed E-state index contributed by atoms with van der Waals surface area (Å²) < 4.78 is 27.2. The van der Waals surface area contributed by atoms with E-state index < -0.39 is 10.0 Å². The highest BCUT2D eigenvalue weighted by Crippen LogP contribution is 2.23. The van der Waals surface area contributed by atoms with E-state index in [9.17, 15) is 8.42 Å². The van der Waals surface area contributed by atoms with Gasteiger partial charge in [0.2, 0.25) is 10.0 Å². The van der Waals surface area contributed by atoms with E-state index in [2.05, 4.69) is 46.3 Å². The number of nitrogens with zero attached hydrogens (tertiary/aromatic N) is 4. The Kier molecular flexibility index (Phi) is 6.04. The molecule has 4 rings (SSSR count). The van der Waals surface area contributed by atoms with Gasteiger partial charge in [-0.3, -0.25) is 0 Å². The first-order valence-electron chi connectivity index (χ1n) is 9.91. The molecular weight excluding hydrogens is 420 g/mol. The van der Waals surface area contributed by atoms with Crippen molar-refractivity contribution >= 4 is 27.4 Å². The zero-order chi connectivity index (χ0) is 21.1. The van der Waals surface area contributed by atoms with E-state index in [4.69, 9.17) is 11.6 Å². The second-order valence-corrected chi connectivity index (χ2v) is 9.55. The maximum atomic E-state index is 12.9. The third kappa shape index (κ3) is 4.33. The number of hydrogen-bond acceptors (Lipinski definition) is 5. The minimum atomic E-state index is -3.55. The third-order valence-corrected chi connectivity index (χ3v) is 7.43. The Morgan fingerprint density at radius 3 is 2.27 bits per heavy atom. The molecule has 30 heavy (non-hydrogen) atoms. The van der Waals surface area contributed by atoms with E-state index in [1.165, 1.54) is 15.9 Å². The molecule has 0 amide bonds. The van der Waals surface area contributed by atoms with Crippen molar-refractivity contribution < 1.29 is 8.42 Å². The summed E-state index contributed by atoms with van der Waals surface area (Å²) in [5.74, 6) is 0.753. The molecule has 1 aliphatic rings. The van der Waals surface area contributed by atoms with Gasteiger partial charge in [0.25, 0.3) is 0 Å². The maximum absolute atomic E-state index is 12.9. The van der Waals surface area contributed by atoms with Crippen molar-refractivity contribution in [3.63, 3.8) is 0 Å². The fraction of sp³-hybridized carbons (Fsp3) is 0.273. The molecule has 0 spiro atoms. The average molecular weight is 443 g/mol. The number of sulfonamides is 1. The number of halogens is 1. The number of piperazine rings is 1. The molecule has 0 atom stereocenters. The average Bonchev–Trinajstić information content (AvgIpc) is 2.79. The molecule has 0 bridgehead atoms. The molecule has 1 saturated heterocycles. The van der Waals surface area contributed by atoms with Crippen LogP contribution in [-0.4, -0.2) is 49.1 Å². The Balaban J connectivity index is 1.42. The Bertz CT molecular complexity index is 1110. The minimum absolute atomic E-state index is 0.224. The molecule has 2 aromatic carbocycles. The number of anilines is 1. The number of aromatic nitrogens is 2. The van der Waals surface area contributed by atoms with Gasteiger partial charge < -0.3 is 4.90 Å². The van der Waals surface area contributed by atoms with Crippen molar-refractivity contribution in [1.29, 1.82) is 0 Å². The van der Waals surface area contributed by atoms with Gasteiger partial charge in [0, 0.05) is 36.8 Å². The van der Waals surface area contributed by atoms with E-state index in [1.807, 2.05) is 12.1 Å². The normalized spacial score (nSPS) is 15.3. The summed E-state index contributed by atoms with van der Waals surface area (Å²) in [6.45, 7) is 4.01. The first-order chi connectivity index (χ1) is 14.5. The Labute approximate surface area is 182 Å². The predicted octanol–water partition coefficient (Wildman–Crippen LogP) is 3.87. The molecule has 1 fully saturated rings. The van der Waals surface area contributed by atoms with Gasteiger partial charge in [-0.1, -0.05) is 48.9 Å². The van der Waals surface area contributed by atoms with Crippen molar-refractivity contribution in [2.24, 2.45) is 0 Å². The molecule has 0 aliphatic carbocycles. The van der Waals surface area contributed by atoms with Crippen LogP contribution in [0.15, 0.2) is 65.6 Å². The van der Waals surface area contributed by atoms with Crippen LogP contribution in [0.1, 0.15) is 12.5 Å². The summed E-state index contributed by atoms with van der Waals surface area (Å²) in [5, 5.41) is 9.15. The zero-order valence-electron chi connectivity index (χ0n) is 16.7. The Morgan fingerprint density at radius 2 is 1.67 bits per heavy atom. The third-order valence-electron chi connectivity index (χ3n) is 5.30. The molecule has 6 nitrogen and oxygen atoms in total. The van der Waals surface area contributed by atoms with E-state index in [-0.39, 0.29) is 4.90 Å². The summed E-state index contributed by atoms with van der Waals surface area (Å²) in [4.78, 5) is 2.28. The fourth-order valence-electron chi connectivity index (χ4n) is 3.49. The van der Waals surface area contributed by atoms with Crippen LogP contribution in [0.3, 0.4) is 0 Å². The van der Waals surface area contributed by atoms with Crippen molar-refractivity contribution in [3.8, 4) is 11.3 Å². The monoisotopic (exact) mass is 442 g/mol. The van der Waals surface area contributed by atoms with Crippen LogP contribution in [0.25, 0.3) is 11.3 Å².